The molecular formula is C16H20O. The molecule has 1 aromatic rings. The fourth-order valence-corrected chi connectivity index (χ4v) is 2.36. The summed E-state index contributed by atoms with van der Waals surface area (Å²) in [6, 6.07) is 10.1. The molecule has 1 nitrogen and oxygen atoms in total. The van der Waals surface area contributed by atoms with Gasteiger partial charge in [-0.25, -0.2) is 0 Å². The van der Waals surface area contributed by atoms with E-state index in [1.165, 1.54) is 5.57 Å². The van der Waals surface area contributed by atoms with E-state index in [4.69, 9.17) is 4.74 Å². The van der Waals surface area contributed by atoms with Crippen LogP contribution in [0.25, 0.3) is 0 Å². The van der Waals surface area contributed by atoms with Gasteiger partial charge in [0.2, 0.25) is 0 Å². The maximum atomic E-state index is 6.25. The standard InChI is InChI=1S/C16H20O/c1-4-16(12-8-9-13(2)14(16)3)17-15-10-6-5-7-11-15/h5-12,14H,4H2,1-3H3. The first-order valence-corrected chi connectivity index (χ1v) is 6.28. The summed E-state index contributed by atoms with van der Waals surface area (Å²) in [4.78, 5) is 0. The van der Waals surface area contributed by atoms with E-state index in [0.717, 1.165) is 12.2 Å². The Bertz CT molecular complexity index is 430. The monoisotopic (exact) mass is 228 g/mol. The van der Waals surface area contributed by atoms with Crippen LogP contribution in [0.5, 0.6) is 5.75 Å². The van der Waals surface area contributed by atoms with Gasteiger partial charge < -0.3 is 4.74 Å². The number of hydrogen-bond donors (Lipinski definition) is 0. The average Bonchev–Trinajstić information content (AvgIpc) is 2.36. The van der Waals surface area contributed by atoms with Crippen molar-refractivity contribution >= 4 is 0 Å². The van der Waals surface area contributed by atoms with Crippen molar-refractivity contribution in [1.82, 2.24) is 0 Å². The molecule has 1 aliphatic carbocycles. The fraction of sp³-hybridized carbons (Fsp3) is 0.375. The molecule has 1 aliphatic rings. The molecule has 17 heavy (non-hydrogen) atoms. The predicted molar refractivity (Wildman–Crippen MR) is 72.2 cm³/mol. The molecule has 0 saturated heterocycles. The van der Waals surface area contributed by atoms with Gasteiger partial charge in [0.1, 0.15) is 11.4 Å². The van der Waals surface area contributed by atoms with Crippen LogP contribution in [0.3, 0.4) is 0 Å². The largest absolute Gasteiger partial charge is 0.483 e. The normalized spacial score (nSPS) is 27.7. The lowest BCUT2D eigenvalue weighted by molar-refractivity contribution is 0.0719. The van der Waals surface area contributed by atoms with Crippen LogP contribution in [0.2, 0.25) is 0 Å². The molecule has 0 spiro atoms. The third kappa shape index (κ3) is 2.28. The van der Waals surface area contributed by atoms with Crippen LogP contribution < -0.4 is 4.74 Å². The second kappa shape index (κ2) is 4.79. The van der Waals surface area contributed by atoms with Gasteiger partial charge in [0.25, 0.3) is 0 Å². The van der Waals surface area contributed by atoms with Gasteiger partial charge in [-0.1, -0.05) is 49.8 Å². The lowest BCUT2D eigenvalue weighted by Gasteiger charge is -2.38. The summed E-state index contributed by atoms with van der Waals surface area (Å²) in [7, 11) is 0. The molecule has 0 fully saturated rings. The second-order valence-electron chi connectivity index (χ2n) is 4.72. The summed E-state index contributed by atoms with van der Waals surface area (Å²) >= 11 is 0. The summed E-state index contributed by atoms with van der Waals surface area (Å²) in [5.74, 6) is 1.36. The third-order valence-electron chi connectivity index (χ3n) is 3.76. The van der Waals surface area contributed by atoms with E-state index in [0.29, 0.717) is 5.92 Å². The molecule has 0 amide bonds. The fourth-order valence-electron chi connectivity index (χ4n) is 2.36. The van der Waals surface area contributed by atoms with Gasteiger partial charge in [0.05, 0.1) is 0 Å². The maximum Gasteiger partial charge on any atom is 0.133 e. The average molecular weight is 228 g/mol. The Kier molecular flexibility index (Phi) is 3.37. The van der Waals surface area contributed by atoms with Crippen molar-refractivity contribution < 1.29 is 4.74 Å². The van der Waals surface area contributed by atoms with Crippen molar-refractivity contribution in [2.45, 2.75) is 32.8 Å². The minimum absolute atomic E-state index is 0.194. The first-order valence-electron chi connectivity index (χ1n) is 6.28. The molecule has 0 aromatic heterocycles. The Morgan fingerprint density at radius 3 is 2.59 bits per heavy atom. The highest BCUT2D eigenvalue weighted by Crippen LogP contribution is 2.36. The van der Waals surface area contributed by atoms with Gasteiger partial charge in [-0.05, 0) is 31.6 Å². The van der Waals surface area contributed by atoms with Crippen LogP contribution in [-0.4, -0.2) is 5.60 Å². The Morgan fingerprint density at radius 1 is 1.24 bits per heavy atom. The Hall–Kier alpha value is -1.50. The number of hydrogen-bond acceptors (Lipinski definition) is 1. The zero-order valence-electron chi connectivity index (χ0n) is 10.8. The molecule has 0 saturated carbocycles. The van der Waals surface area contributed by atoms with Gasteiger partial charge in [0, 0.05) is 5.92 Å². The maximum absolute atomic E-state index is 6.25. The Labute approximate surface area is 104 Å². The van der Waals surface area contributed by atoms with Gasteiger partial charge in [0.15, 0.2) is 0 Å². The van der Waals surface area contributed by atoms with Crippen molar-refractivity contribution in [2.24, 2.45) is 5.92 Å². The quantitative estimate of drug-likeness (QED) is 0.746. The summed E-state index contributed by atoms with van der Waals surface area (Å²) in [6.07, 6.45) is 7.46. The molecule has 1 aromatic carbocycles. The lowest BCUT2D eigenvalue weighted by atomic mass is 9.78. The lowest BCUT2D eigenvalue weighted by Crippen LogP contribution is -2.41. The number of benzene rings is 1. The summed E-state index contributed by atoms with van der Waals surface area (Å²) in [5, 5.41) is 0. The van der Waals surface area contributed by atoms with Crippen LogP contribution in [0.4, 0.5) is 0 Å². The van der Waals surface area contributed by atoms with Gasteiger partial charge in [-0.2, -0.15) is 0 Å². The van der Waals surface area contributed by atoms with Gasteiger partial charge in [-0.15, -0.1) is 0 Å². The molecule has 0 radical (unpaired) electrons. The number of rotatable bonds is 3. The molecule has 0 bridgehead atoms. The highest BCUT2D eigenvalue weighted by atomic mass is 16.5. The van der Waals surface area contributed by atoms with Crippen LogP contribution in [0.1, 0.15) is 27.2 Å². The summed E-state index contributed by atoms with van der Waals surface area (Å²) in [6.45, 7) is 6.59. The van der Waals surface area contributed by atoms with Crippen molar-refractivity contribution in [3.8, 4) is 5.75 Å². The number of para-hydroxylation sites is 1. The first-order chi connectivity index (χ1) is 8.18. The highest BCUT2D eigenvalue weighted by Gasteiger charge is 2.36. The van der Waals surface area contributed by atoms with E-state index < -0.39 is 0 Å². The molecular weight excluding hydrogens is 208 g/mol. The minimum atomic E-state index is -0.194. The van der Waals surface area contributed by atoms with E-state index in [9.17, 15) is 0 Å². The zero-order chi connectivity index (χ0) is 12.3. The van der Waals surface area contributed by atoms with Gasteiger partial charge in [-0.3, -0.25) is 0 Å². The summed E-state index contributed by atoms with van der Waals surface area (Å²) < 4.78 is 6.25. The molecule has 0 aliphatic heterocycles. The number of ether oxygens (including phenoxy) is 1. The Balaban J connectivity index is 2.27. The molecule has 2 atom stereocenters. The highest BCUT2D eigenvalue weighted by molar-refractivity contribution is 5.31. The second-order valence-corrected chi connectivity index (χ2v) is 4.72. The van der Waals surface area contributed by atoms with Crippen molar-refractivity contribution in [2.75, 3.05) is 0 Å². The Morgan fingerprint density at radius 2 is 1.94 bits per heavy atom. The van der Waals surface area contributed by atoms with E-state index >= 15 is 0 Å². The van der Waals surface area contributed by atoms with E-state index in [2.05, 4.69) is 39.0 Å². The van der Waals surface area contributed by atoms with E-state index in [-0.39, 0.29) is 5.60 Å². The van der Waals surface area contributed by atoms with Crippen LogP contribution >= 0.6 is 0 Å². The van der Waals surface area contributed by atoms with E-state index in [1.807, 2.05) is 30.3 Å². The predicted octanol–water partition coefficient (Wildman–Crippen LogP) is 4.37. The van der Waals surface area contributed by atoms with E-state index in [1.54, 1.807) is 0 Å². The SMILES string of the molecule is CCC1(Oc2ccccc2)C=CC=C(C)C1C. The molecule has 0 N–H and O–H groups in total. The smallest absolute Gasteiger partial charge is 0.133 e. The molecule has 1 heteroatoms. The molecule has 90 valence electrons. The molecule has 0 heterocycles. The number of allylic oxidation sites excluding steroid dienone is 2. The van der Waals surface area contributed by atoms with Crippen molar-refractivity contribution in [3.63, 3.8) is 0 Å². The minimum Gasteiger partial charge on any atom is -0.483 e. The third-order valence-corrected chi connectivity index (χ3v) is 3.76. The van der Waals surface area contributed by atoms with Gasteiger partial charge >= 0.3 is 0 Å². The first kappa shape index (κ1) is 12.0. The van der Waals surface area contributed by atoms with Crippen LogP contribution in [-0.2, 0) is 0 Å². The van der Waals surface area contributed by atoms with Crippen LogP contribution in [0, 0.1) is 5.92 Å². The van der Waals surface area contributed by atoms with Crippen LogP contribution in [0.15, 0.2) is 54.1 Å². The zero-order valence-corrected chi connectivity index (χ0v) is 10.8. The van der Waals surface area contributed by atoms with Crippen molar-refractivity contribution in [1.29, 1.82) is 0 Å². The molecule has 2 rings (SSSR count). The topological polar surface area (TPSA) is 9.23 Å². The van der Waals surface area contributed by atoms with Crippen molar-refractivity contribution in [3.05, 3.63) is 54.1 Å². The molecule has 2 unspecified atom stereocenters. The summed E-state index contributed by atoms with van der Waals surface area (Å²) in [5.41, 5.74) is 1.19.